The monoisotopic (exact) mass is 353 g/mol. The minimum Gasteiger partial charge on any atom is -0.450 e. The van der Waals surface area contributed by atoms with Gasteiger partial charge in [0.1, 0.15) is 5.82 Å². The van der Waals surface area contributed by atoms with Crippen LogP contribution in [0.25, 0.3) is 0 Å². The van der Waals surface area contributed by atoms with E-state index in [1.54, 1.807) is 13.8 Å². The highest BCUT2D eigenvalue weighted by molar-refractivity contribution is 5.83. The second-order valence-electron chi connectivity index (χ2n) is 5.32. The van der Waals surface area contributed by atoms with Crippen molar-refractivity contribution in [2.24, 2.45) is 4.99 Å². The van der Waals surface area contributed by atoms with E-state index in [4.69, 9.17) is 9.47 Å². The molecule has 10 nitrogen and oxygen atoms in total. The molecule has 138 valence electrons. The van der Waals surface area contributed by atoms with Crippen molar-refractivity contribution in [3.63, 3.8) is 0 Å². The van der Waals surface area contributed by atoms with E-state index in [0.29, 0.717) is 10.5 Å². The number of nitrogens with zero attached hydrogens (tertiary/aromatic N) is 4. The van der Waals surface area contributed by atoms with Crippen molar-refractivity contribution in [2.45, 2.75) is 33.1 Å². The number of rotatable bonds is 4. The smallest absolute Gasteiger partial charge is 0.437 e. The molecule has 1 aliphatic rings. The number of nitrogens with one attached hydrogen (secondary N) is 1. The van der Waals surface area contributed by atoms with Crippen molar-refractivity contribution >= 4 is 23.8 Å². The van der Waals surface area contributed by atoms with Crippen molar-refractivity contribution in [1.82, 2.24) is 9.71 Å². The summed E-state index contributed by atoms with van der Waals surface area (Å²) in [6, 6.07) is 1.51. The van der Waals surface area contributed by atoms with E-state index in [-0.39, 0.29) is 24.6 Å². The Balaban J connectivity index is 2.42. The molecule has 0 spiro atoms. The Morgan fingerprint density at radius 2 is 1.92 bits per heavy atom. The number of amides is 2. The Morgan fingerprint density at radius 1 is 1.24 bits per heavy atom. The second kappa shape index (κ2) is 8.90. The summed E-state index contributed by atoms with van der Waals surface area (Å²) in [5, 5.41) is 12.6. The van der Waals surface area contributed by atoms with Crippen LogP contribution in [0, 0.1) is 0 Å². The van der Waals surface area contributed by atoms with Gasteiger partial charge in [0.2, 0.25) is 0 Å². The molecule has 0 aliphatic carbocycles. The number of anilines is 2. The lowest BCUT2D eigenvalue weighted by molar-refractivity contribution is 0.151. The fourth-order valence-corrected chi connectivity index (χ4v) is 2.43. The van der Waals surface area contributed by atoms with E-state index in [9.17, 15) is 14.8 Å². The molecular weight excluding hydrogens is 330 g/mol. The minimum atomic E-state index is -0.879. The Morgan fingerprint density at radius 3 is 2.56 bits per heavy atom. The zero-order valence-electron chi connectivity index (χ0n) is 14.4. The molecule has 0 saturated carbocycles. The van der Waals surface area contributed by atoms with Gasteiger partial charge in [-0.1, -0.05) is 0 Å². The Hall–Kier alpha value is -2.78. The molecule has 0 atom stereocenters. The van der Waals surface area contributed by atoms with E-state index >= 15 is 0 Å². The first-order valence-corrected chi connectivity index (χ1v) is 8.28. The molecule has 1 aliphatic heterocycles. The molecular formula is C15H23N5O5. The highest BCUT2D eigenvalue weighted by Gasteiger charge is 2.17. The van der Waals surface area contributed by atoms with Gasteiger partial charge in [-0.15, -0.1) is 9.72 Å². The van der Waals surface area contributed by atoms with Gasteiger partial charge in [0, 0.05) is 19.2 Å². The van der Waals surface area contributed by atoms with Gasteiger partial charge in [-0.3, -0.25) is 5.32 Å². The Kier molecular flexibility index (Phi) is 6.61. The van der Waals surface area contributed by atoms with Crippen molar-refractivity contribution in [1.29, 1.82) is 0 Å². The maximum absolute atomic E-state index is 11.7. The molecule has 0 radical (unpaired) electrons. The maximum Gasteiger partial charge on any atom is 0.437 e. The van der Waals surface area contributed by atoms with Gasteiger partial charge in [-0.25, -0.2) is 9.59 Å². The van der Waals surface area contributed by atoms with Crippen LogP contribution in [-0.4, -0.2) is 53.4 Å². The van der Waals surface area contributed by atoms with E-state index in [2.05, 4.69) is 15.3 Å². The van der Waals surface area contributed by atoms with E-state index in [1.807, 2.05) is 4.90 Å². The van der Waals surface area contributed by atoms with Crippen LogP contribution >= 0.6 is 0 Å². The highest BCUT2D eigenvalue weighted by Crippen LogP contribution is 2.19. The second-order valence-corrected chi connectivity index (χ2v) is 5.32. The molecule has 25 heavy (non-hydrogen) atoms. The van der Waals surface area contributed by atoms with E-state index in [0.717, 1.165) is 32.4 Å². The normalized spacial score (nSPS) is 15.0. The van der Waals surface area contributed by atoms with Crippen LogP contribution in [0.4, 0.5) is 21.2 Å². The van der Waals surface area contributed by atoms with Crippen LogP contribution in [0.5, 0.6) is 0 Å². The molecule has 0 unspecified atom stereocenters. The Bertz CT molecular complexity index is 681. The number of carbonyl (C=O) groups is 2. The standard InChI is InChI=1S/C15H23N5O5/c1-3-24-14(21)17-12-10-11(19-8-6-5-7-9-19)16-13(20(12)23)18-15(22)25-4-2/h10,23H,3-9H2,1-2H3,(H,17,21). The summed E-state index contributed by atoms with van der Waals surface area (Å²) in [4.78, 5) is 33.1. The lowest BCUT2D eigenvalue weighted by Crippen LogP contribution is -2.35. The van der Waals surface area contributed by atoms with Crippen LogP contribution in [0.15, 0.2) is 11.1 Å². The third kappa shape index (κ3) is 5.10. The molecule has 10 heteroatoms. The van der Waals surface area contributed by atoms with Crippen LogP contribution in [0.1, 0.15) is 33.1 Å². The molecule has 2 amide bonds. The molecule has 1 saturated heterocycles. The van der Waals surface area contributed by atoms with E-state index < -0.39 is 12.2 Å². The number of carbonyl (C=O) groups excluding carboxylic acids is 2. The van der Waals surface area contributed by atoms with Gasteiger partial charge in [0.05, 0.1) is 13.2 Å². The van der Waals surface area contributed by atoms with E-state index in [1.165, 1.54) is 6.07 Å². The van der Waals surface area contributed by atoms with Crippen molar-refractivity contribution in [3.8, 4) is 0 Å². The zero-order valence-corrected chi connectivity index (χ0v) is 14.4. The van der Waals surface area contributed by atoms with Gasteiger partial charge in [-0.05, 0) is 33.1 Å². The van der Waals surface area contributed by atoms with Gasteiger partial charge in [0.25, 0.3) is 5.62 Å². The van der Waals surface area contributed by atoms with Gasteiger partial charge in [0.15, 0.2) is 5.82 Å². The summed E-state index contributed by atoms with van der Waals surface area (Å²) < 4.78 is 10.1. The van der Waals surface area contributed by atoms with Gasteiger partial charge < -0.3 is 19.6 Å². The van der Waals surface area contributed by atoms with Crippen molar-refractivity contribution in [3.05, 3.63) is 11.7 Å². The topological polar surface area (TPSA) is 118 Å². The number of piperidine rings is 1. The molecule has 1 aromatic heterocycles. The third-order valence-corrected chi connectivity index (χ3v) is 3.54. The number of aromatic nitrogens is 2. The van der Waals surface area contributed by atoms with Gasteiger partial charge >= 0.3 is 12.2 Å². The summed E-state index contributed by atoms with van der Waals surface area (Å²) in [7, 11) is 0. The average molecular weight is 353 g/mol. The predicted octanol–water partition coefficient (Wildman–Crippen LogP) is 1.74. The summed E-state index contributed by atoms with van der Waals surface area (Å²) >= 11 is 0. The SMILES string of the molecule is CCOC(=O)N=c1nc(N2CCCCC2)cc(NC(=O)OCC)n1O. The van der Waals surface area contributed by atoms with Gasteiger partial charge in [-0.2, -0.15) is 4.98 Å². The number of ether oxygens (including phenoxy) is 2. The Labute approximate surface area is 145 Å². The number of hydrogen-bond acceptors (Lipinski definition) is 7. The summed E-state index contributed by atoms with van der Waals surface area (Å²) in [6.07, 6.45) is 1.55. The zero-order chi connectivity index (χ0) is 18.2. The fraction of sp³-hybridized carbons (Fsp3) is 0.600. The molecule has 2 rings (SSSR count). The first kappa shape index (κ1) is 18.6. The third-order valence-electron chi connectivity index (χ3n) is 3.54. The summed E-state index contributed by atoms with van der Waals surface area (Å²) in [6.45, 7) is 5.22. The quantitative estimate of drug-likeness (QED) is 0.791. The molecule has 1 fully saturated rings. The first-order valence-electron chi connectivity index (χ1n) is 8.28. The summed E-state index contributed by atoms with van der Waals surface area (Å²) in [5.41, 5.74) is -0.284. The number of hydrogen-bond donors (Lipinski definition) is 2. The predicted molar refractivity (Wildman–Crippen MR) is 88.7 cm³/mol. The lowest BCUT2D eigenvalue weighted by Gasteiger charge is -2.28. The maximum atomic E-state index is 11.7. The molecule has 0 bridgehead atoms. The fourth-order valence-electron chi connectivity index (χ4n) is 2.43. The average Bonchev–Trinajstić information content (AvgIpc) is 2.59. The van der Waals surface area contributed by atoms with Crippen LogP contribution in [-0.2, 0) is 9.47 Å². The van der Waals surface area contributed by atoms with Crippen molar-refractivity contribution < 1.29 is 24.3 Å². The van der Waals surface area contributed by atoms with Crippen LogP contribution in [0.2, 0.25) is 0 Å². The molecule has 2 N–H and O–H groups in total. The van der Waals surface area contributed by atoms with Crippen molar-refractivity contribution in [2.75, 3.05) is 36.5 Å². The van der Waals surface area contributed by atoms with Crippen LogP contribution in [0.3, 0.4) is 0 Å². The van der Waals surface area contributed by atoms with Crippen LogP contribution < -0.4 is 15.8 Å². The molecule has 1 aromatic rings. The minimum absolute atomic E-state index is 0.00271. The first-order chi connectivity index (χ1) is 12.0. The molecule has 2 heterocycles. The lowest BCUT2D eigenvalue weighted by atomic mass is 10.1. The largest absolute Gasteiger partial charge is 0.450 e. The highest BCUT2D eigenvalue weighted by atomic mass is 16.6. The summed E-state index contributed by atoms with van der Waals surface area (Å²) in [5.74, 6) is 0.497. The molecule has 0 aromatic carbocycles.